The number of nitrogens with zero attached hydrogens (tertiary/aromatic N) is 1. The summed E-state index contributed by atoms with van der Waals surface area (Å²) in [6.07, 6.45) is 2.33. The van der Waals surface area contributed by atoms with E-state index in [1.54, 1.807) is 18.4 Å². The number of hydrogen-bond donors (Lipinski definition) is 1. The van der Waals surface area contributed by atoms with Crippen LogP contribution in [0.1, 0.15) is 34.9 Å². The standard InChI is InChI=1S/C24H26N2O2S/c1-28-21-13-9-18(10-14-21)16-26(20-11-12-20)17-23(27)25-24(22-8-5-15-29-22)19-6-3-2-4-7-19/h2-10,13-15,20,24H,11-12,16-17H2,1H3,(H,25,27)/t24-/m0/s1. The van der Waals surface area contributed by atoms with E-state index in [1.165, 1.54) is 5.56 Å². The minimum absolute atomic E-state index is 0.0627. The van der Waals surface area contributed by atoms with Gasteiger partial charge in [0, 0.05) is 17.5 Å². The molecule has 0 aliphatic heterocycles. The maximum absolute atomic E-state index is 13.0. The molecule has 0 spiro atoms. The topological polar surface area (TPSA) is 41.6 Å². The van der Waals surface area contributed by atoms with Crippen molar-refractivity contribution in [3.05, 3.63) is 88.1 Å². The minimum atomic E-state index is -0.106. The Kier molecular flexibility index (Phi) is 6.27. The Morgan fingerprint density at radius 1 is 1.10 bits per heavy atom. The molecule has 1 heterocycles. The lowest BCUT2D eigenvalue weighted by molar-refractivity contribution is -0.123. The van der Waals surface area contributed by atoms with Crippen LogP contribution in [0.2, 0.25) is 0 Å². The van der Waals surface area contributed by atoms with Crippen molar-refractivity contribution in [1.82, 2.24) is 10.2 Å². The van der Waals surface area contributed by atoms with Gasteiger partial charge in [-0.2, -0.15) is 0 Å². The maximum Gasteiger partial charge on any atom is 0.234 e. The van der Waals surface area contributed by atoms with E-state index in [2.05, 4.69) is 45.9 Å². The van der Waals surface area contributed by atoms with Gasteiger partial charge in [0.2, 0.25) is 5.91 Å². The fraction of sp³-hybridized carbons (Fsp3) is 0.292. The van der Waals surface area contributed by atoms with Crippen molar-refractivity contribution >= 4 is 17.2 Å². The van der Waals surface area contributed by atoms with E-state index in [0.717, 1.165) is 35.6 Å². The molecular formula is C24H26N2O2S. The van der Waals surface area contributed by atoms with E-state index in [4.69, 9.17) is 4.74 Å². The van der Waals surface area contributed by atoms with Gasteiger partial charge in [0.25, 0.3) is 0 Å². The van der Waals surface area contributed by atoms with E-state index in [1.807, 2.05) is 36.4 Å². The lowest BCUT2D eigenvalue weighted by Crippen LogP contribution is -2.39. The third-order valence-electron chi connectivity index (χ3n) is 5.22. The largest absolute Gasteiger partial charge is 0.497 e. The molecule has 0 bridgehead atoms. The summed E-state index contributed by atoms with van der Waals surface area (Å²) in [6.45, 7) is 1.18. The van der Waals surface area contributed by atoms with Crippen molar-refractivity contribution in [3.63, 3.8) is 0 Å². The number of carbonyl (C=O) groups is 1. The Balaban J connectivity index is 1.44. The molecule has 1 amide bonds. The van der Waals surface area contributed by atoms with Gasteiger partial charge in [-0.25, -0.2) is 0 Å². The van der Waals surface area contributed by atoms with Crippen LogP contribution in [-0.2, 0) is 11.3 Å². The average Bonchev–Trinajstić information content (AvgIpc) is 3.47. The van der Waals surface area contributed by atoms with Crippen molar-refractivity contribution in [3.8, 4) is 5.75 Å². The molecular weight excluding hydrogens is 380 g/mol. The molecule has 1 aliphatic rings. The molecule has 0 radical (unpaired) electrons. The number of nitrogens with one attached hydrogen (secondary N) is 1. The first-order valence-corrected chi connectivity index (χ1v) is 10.9. The van der Waals surface area contributed by atoms with Crippen molar-refractivity contribution in [2.24, 2.45) is 0 Å². The van der Waals surface area contributed by atoms with Crippen molar-refractivity contribution in [2.75, 3.05) is 13.7 Å². The first-order chi connectivity index (χ1) is 14.2. The van der Waals surface area contributed by atoms with Crippen LogP contribution >= 0.6 is 11.3 Å². The summed E-state index contributed by atoms with van der Waals surface area (Å²) in [5, 5.41) is 5.32. The molecule has 1 N–H and O–H groups in total. The molecule has 5 heteroatoms. The number of thiophene rings is 1. The number of hydrogen-bond acceptors (Lipinski definition) is 4. The highest BCUT2D eigenvalue weighted by molar-refractivity contribution is 7.10. The van der Waals surface area contributed by atoms with Crippen LogP contribution in [0.25, 0.3) is 0 Å². The summed E-state index contributed by atoms with van der Waals surface area (Å²) < 4.78 is 5.24. The molecule has 0 unspecified atom stereocenters. The molecule has 150 valence electrons. The van der Waals surface area contributed by atoms with Gasteiger partial charge in [-0.1, -0.05) is 48.5 Å². The van der Waals surface area contributed by atoms with Crippen molar-refractivity contribution in [1.29, 1.82) is 0 Å². The van der Waals surface area contributed by atoms with Crippen LogP contribution < -0.4 is 10.1 Å². The van der Waals surface area contributed by atoms with Gasteiger partial charge in [0.05, 0.1) is 19.7 Å². The predicted molar refractivity (Wildman–Crippen MR) is 117 cm³/mol. The molecule has 4 nitrogen and oxygen atoms in total. The summed E-state index contributed by atoms with van der Waals surface area (Å²) in [4.78, 5) is 16.4. The summed E-state index contributed by atoms with van der Waals surface area (Å²) in [6, 6.07) is 22.8. The third kappa shape index (κ3) is 5.25. The first-order valence-electron chi connectivity index (χ1n) is 9.97. The second-order valence-corrected chi connectivity index (χ2v) is 8.39. The van der Waals surface area contributed by atoms with Crippen LogP contribution in [0.15, 0.2) is 72.1 Å². The van der Waals surface area contributed by atoms with Gasteiger partial charge in [0.1, 0.15) is 5.75 Å². The molecule has 1 atom stereocenters. The monoisotopic (exact) mass is 406 g/mol. The number of amides is 1. The fourth-order valence-corrected chi connectivity index (χ4v) is 4.33. The zero-order valence-corrected chi connectivity index (χ0v) is 17.4. The van der Waals surface area contributed by atoms with Crippen LogP contribution in [0.5, 0.6) is 5.75 Å². The van der Waals surface area contributed by atoms with Gasteiger partial charge >= 0.3 is 0 Å². The highest BCUT2D eigenvalue weighted by atomic mass is 32.1. The number of rotatable bonds is 9. The maximum atomic E-state index is 13.0. The third-order valence-corrected chi connectivity index (χ3v) is 6.16. The second kappa shape index (κ2) is 9.25. The zero-order chi connectivity index (χ0) is 20.1. The normalized spacial score (nSPS) is 14.6. The molecule has 29 heavy (non-hydrogen) atoms. The summed E-state index contributed by atoms with van der Waals surface area (Å²) in [7, 11) is 1.67. The van der Waals surface area contributed by atoms with Gasteiger partial charge in [-0.05, 0) is 47.5 Å². The van der Waals surface area contributed by atoms with E-state index < -0.39 is 0 Å². The quantitative estimate of drug-likeness (QED) is 0.563. The van der Waals surface area contributed by atoms with Gasteiger partial charge < -0.3 is 10.1 Å². The van der Waals surface area contributed by atoms with Gasteiger partial charge in [0.15, 0.2) is 0 Å². The molecule has 0 saturated heterocycles. The van der Waals surface area contributed by atoms with Crippen molar-refractivity contribution in [2.45, 2.75) is 31.5 Å². The average molecular weight is 407 g/mol. The lowest BCUT2D eigenvalue weighted by Gasteiger charge is -2.24. The van der Waals surface area contributed by atoms with E-state index in [9.17, 15) is 4.79 Å². The Labute approximate surface area is 176 Å². The minimum Gasteiger partial charge on any atom is -0.497 e. The molecule has 1 aromatic heterocycles. The lowest BCUT2D eigenvalue weighted by atomic mass is 10.1. The van der Waals surface area contributed by atoms with E-state index >= 15 is 0 Å². The Morgan fingerprint density at radius 2 is 1.86 bits per heavy atom. The second-order valence-electron chi connectivity index (χ2n) is 7.41. The van der Waals surface area contributed by atoms with E-state index in [0.29, 0.717) is 12.6 Å². The SMILES string of the molecule is COc1ccc(CN(CC(=O)N[C@@H](c2ccccc2)c2cccs2)C2CC2)cc1. The molecule has 1 aliphatic carbocycles. The Bertz CT molecular complexity index is 906. The summed E-state index contributed by atoms with van der Waals surface area (Å²) >= 11 is 1.67. The molecule has 1 saturated carbocycles. The molecule has 2 aromatic carbocycles. The molecule has 1 fully saturated rings. The van der Waals surface area contributed by atoms with Crippen LogP contribution in [0.3, 0.4) is 0 Å². The van der Waals surface area contributed by atoms with Gasteiger partial charge in [-0.15, -0.1) is 11.3 Å². The van der Waals surface area contributed by atoms with Crippen LogP contribution in [0, 0.1) is 0 Å². The Morgan fingerprint density at radius 3 is 2.48 bits per heavy atom. The number of carbonyl (C=O) groups excluding carboxylic acids is 1. The van der Waals surface area contributed by atoms with Crippen molar-refractivity contribution < 1.29 is 9.53 Å². The number of ether oxygens (including phenoxy) is 1. The summed E-state index contributed by atoms with van der Waals surface area (Å²) in [5.74, 6) is 0.916. The summed E-state index contributed by atoms with van der Waals surface area (Å²) in [5.41, 5.74) is 2.31. The highest BCUT2D eigenvalue weighted by Gasteiger charge is 2.31. The van der Waals surface area contributed by atoms with Crippen LogP contribution in [0.4, 0.5) is 0 Å². The predicted octanol–water partition coefficient (Wildman–Crippen LogP) is 4.63. The van der Waals surface area contributed by atoms with Crippen LogP contribution in [-0.4, -0.2) is 30.5 Å². The highest BCUT2D eigenvalue weighted by Crippen LogP contribution is 2.29. The number of methoxy groups -OCH3 is 1. The smallest absolute Gasteiger partial charge is 0.234 e. The zero-order valence-electron chi connectivity index (χ0n) is 16.6. The van der Waals surface area contributed by atoms with E-state index in [-0.39, 0.29) is 11.9 Å². The van der Waals surface area contributed by atoms with Gasteiger partial charge in [-0.3, -0.25) is 9.69 Å². The fourth-order valence-electron chi connectivity index (χ4n) is 3.53. The molecule has 4 rings (SSSR count). The Hall–Kier alpha value is -2.63. The first kappa shape index (κ1) is 19.7. The number of benzene rings is 2. The molecule has 3 aromatic rings.